The predicted octanol–water partition coefficient (Wildman–Crippen LogP) is 3.82. The van der Waals surface area contributed by atoms with Crippen molar-refractivity contribution in [1.82, 2.24) is 9.78 Å². The minimum Gasteiger partial charge on any atom is -0.292 e. The number of carbonyl (C=O) groups is 1. The first-order chi connectivity index (χ1) is 8.16. The van der Waals surface area contributed by atoms with Gasteiger partial charge in [-0.1, -0.05) is 32.6 Å². The van der Waals surface area contributed by atoms with E-state index in [1.807, 2.05) is 0 Å². The van der Waals surface area contributed by atoms with Crippen LogP contribution in [0.25, 0.3) is 0 Å². The van der Waals surface area contributed by atoms with Crippen LogP contribution < -0.4 is 0 Å². The van der Waals surface area contributed by atoms with Gasteiger partial charge < -0.3 is 0 Å². The molecule has 0 aliphatic heterocycles. The molecule has 0 radical (unpaired) electrons. The van der Waals surface area contributed by atoms with Gasteiger partial charge in [0.2, 0.25) is 0 Å². The average molecular weight is 244 g/mol. The first-order valence-corrected chi connectivity index (χ1v) is 6.01. The number of hydrogen-bond donors (Lipinski definition) is 0. The van der Waals surface area contributed by atoms with Gasteiger partial charge >= 0.3 is 6.55 Å². The Morgan fingerprint density at radius 2 is 2.06 bits per heavy atom. The number of alkyl halides is 2. The molecule has 0 saturated carbocycles. The zero-order valence-electron chi connectivity index (χ0n) is 10.0. The molecule has 0 bridgehead atoms. The van der Waals surface area contributed by atoms with Gasteiger partial charge in [0.15, 0.2) is 5.78 Å². The lowest BCUT2D eigenvalue weighted by molar-refractivity contribution is 0.0514. The molecule has 17 heavy (non-hydrogen) atoms. The van der Waals surface area contributed by atoms with Crippen molar-refractivity contribution in [3.8, 4) is 0 Å². The van der Waals surface area contributed by atoms with E-state index in [-0.39, 0.29) is 11.5 Å². The first kappa shape index (κ1) is 13.8. The third-order valence-electron chi connectivity index (χ3n) is 2.65. The second-order valence-corrected chi connectivity index (χ2v) is 4.03. The second kappa shape index (κ2) is 7.14. The third kappa shape index (κ3) is 4.24. The molecule has 0 fully saturated rings. The average Bonchev–Trinajstić information content (AvgIpc) is 2.77. The van der Waals surface area contributed by atoms with Crippen LogP contribution in [0.1, 0.15) is 62.5 Å². The van der Waals surface area contributed by atoms with Crippen molar-refractivity contribution in [2.24, 2.45) is 0 Å². The summed E-state index contributed by atoms with van der Waals surface area (Å²) in [6, 6.07) is 1.35. The molecule has 0 spiro atoms. The standard InChI is InChI=1S/C12H18F2N2O/c1-2-3-4-5-6-7-11(17)10-8-9-15-16(10)12(13)14/h8-9,12H,2-7H2,1H3. The maximum absolute atomic E-state index is 12.5. The van der Waals surface area contributed by atoms with Crippen LogP contribution in [0.5, 0.6) is 0 Å². The Balaban J connectivity index is 2.39. The highest BCUT2D eigenvalue weighted by atomic mass is 19.3. The lowest BCUT2D eigenvalue weighted by atomic mass is 10.1. The molecule has 1 heterocycles. The summed E-state index contributed by atoms with van der Waals surface area (Å²) in [6.07, 6.45) is 6.68. The maximum Gasteiger partial charge on any atom is 0.333 e. The SMILES string of the molecule is CCCCCCCC(=O)c1ccnn1C(F)F. The fourth-order valence-electron chi connectivity index (χ4n) is 1.71. The van der Waals surface area contributed by atoms with Gasteiger partial charge in [0, 0.05) is 12.6 Å². The smallest absolute Gasteiger partial charge is 0.292 e. The lowest BCUT2D eigenvalue weighted by Crippen LogP contribution is -2.11. The van der Waals surface area contributed by atoms with E-state index in [0.29, 0.717) is 11.1 Å². The van der Waals surface area contributed by atoms with Crippen LogP contribution in [0.15, 0.2) is 12.3 Å². The van der Waals surface area contributed by atoms with Crippen LogP contribution in [0.2, 0.25) is 0 Å². The maximum atomic E-state index is 12.5. The number of Topliss-reactive ketones (excluding diaryl/α,β-unsaturated/α-hetero) is 1. The number of rotatable bonds is 8. The normalized spacial score (nSPS) is 11.1. The van der Waals surface area contributed by atoms with Gasteiger partial charge in [0.25, 0.3) is 0 Å². The summed E-state index contributed by atoms with van der Waals surface area (Å²) in [7, 11) is 0. The van der Waals surface area contributed by atoms with E-state index in [4.69, 9.17) is 0 Å². The molecule has 0 unspecified atom stereocenters. The van der Waals surface area contributed by atoms with Gasteiger partial charge in [-0.05, 0) is 12.5 Å². The van der Waals surface area contributed by atoms with E-state index >= 15 is 0 Å². The Labute approximate surface area is 99.8 Å². The van der Waals surface area contributed by atoms with Crippen LogP contribution in [0.3, 0.4) is 0 Å². The summed E-state index contributed by atoms with van der Waals surface area (Å²) >= 11 is 0. The molecule has 0 aliphatic rings. The van der Waals surface area contributed by atoms with Crippen molar-refractivity contribution < 1.29 is 13.6 Å². The monoisotopic (exact) mass is 244 g/mol. The Morgan fingerprint density at radius 1 is 1.35 bits per heavy atom. The fourth-order valence-corrected chi connectivity index (χ4v) is 1.71. The topological polar surface area (TPSA) is 34.9 Å². The van der Waals surface area contributed by atoms with Gasteiger partial charge in [-0.2, -0.15) is 13.9 Å². The zero-order valence-corrected chi connectivity index (χ0v) is 10.0. The van der Waals surface area contributed by atoms with Crippen LogP contribution in [-0.4, -0.2) is 15.6 Å². The number of aromatic nitrogens is 2. The predicted molar refractivity (Wildman–Crippen MR) is 61.2 cm³/mol. The largest absolute Gasteiger partial charge is 0.333 e. The summed E-state index contributed by atoms with van der Waals surface area (Å²) in [4.78, 5) is 11.7. The first-order valence-electron chi connectivity index (χ1n) is 6.01. The van der Waals surface area contributed by atoms with Gasteiger partial charge in [-0.3, -0.25) is 4.79 Å². The molecule has 0 amide bonds. The van der Waals surface area contributed by atoms with Crippen molar-refractivity contribution in [3.05, 3.63) is 18.0 Å². The van der Waals surface area contributed by atoms with E-state index in [0.717, 1.165) is 32.1 Å². The van der Waals surface area contributed by atoms with E-state index in [2.05, 4.69) is 12.0 Å². The quantitative estimate of drug-likeness (QED) is 0.514. The molecule has 0 atom stereocenters. The molecule has 0 aromatic carbocycles. The van der Waals surface area contributed by atoms with Gasteiger partial charge in [0.05, 0.1) is 0 Å². The molecule has 3 nitrogen and oxygen atoms in total. The lowest BCUT2D eigenvalue weighted by Gasteiger charge is -2.05. The van der Waals surface area contributed by atoms with Crippen molar-refractivity contribution in [2.45, 2.75) is 52.0 Å². The summed E-state index contributed by atoms with van der Waals surface area (Å²) in [5.74, 6) is -0.251. The Hall–Kier alpha value is -1.26. The van der Waals surface area contributed by atoms with E-state index in [1.54, 1.807) is 0 Å². The summed E-state index contributed by atoms with van der Waals surface area (Å²) in [6.45, 7) is -0.629. The summed E-state index contributed by atoms with van der Waals surface area (Å²) < 4.78 is 25.4. The molecule has 1 aromatic rings. The number of unbranched alkanes of at least 4 members (excludes halogenated alkanes) is 4. The number of halogens is 2. The summed E-state index contributed by atoms with van der Waals surface area (Å²) in [5, 5.41) is 3.44. The number of hydrogen-bond acceptors (Lipinski definition) is 2. The molecule has 5 heteroatoms. The summed E-state index contributed by atoms with van der Waals surface area (Å²) in [5.41, 5.74) is 0.00971. The minimum atomic E-state index is -2.75. The highest BCUT2D eigenvalue weighted by Crippen LogP contribution is 2.15. The Kier molecular flexibility index (Phi) is 5.80. The van der Waals surface area contributed by atoms with Crippen molar-refractivity contribution in [2.75, 3.05) is 0 Å². The highest BCUT2D eigenvalue weighted by Gasteiger charge is 2.17. The molecule has 96 valence electrons. The molecule has 0 saturated heterocycles. The number of carbonyl (C=O) groups excluding carboxylic acids is 1. The van der Waals surface area contributed by atoms with Crippen LogP contribution in [0, 0.1) is 0 Å². The van der Waals surface area contributed by atoms with Crippen LogP contribution in [-0.2, 0) is 0 Å². The van der Waals surface area contributed by atoms with E-state index in [1.165, 1.54) is 12.3 Å². The minimum absolute atomic E-state index is 0.00971. The van der Waals surface area contributed by atoms with Crippen molar-refractivity contribution in [1.29, 1.82) is 0 Å². The molecular formula is C12H18F2N2O. The van der Waals surface area contributed by atoms with Crippen molar-refractivity contribution in [3.63, 3.8) is 0 Å². The molecule has 1 aromatic heterocycles. The van der Waals surface area contributed by atoms with Crippen LogP contribution in [0.4, 0.5) is 8.78 Å². The van der Waals surface area contributed by atoms with Gasteiger partial charge in [0.1, 0.15) is 5.69 Å². The fraction of sp³-hybridized carbons (Fsp3) is 0.667. The molecular weight excluding hydrogens is 226 g/mol. The second-order valence-electron chi connectivity index (χ2n) is 4.03. The Morgan fingerprint density at radius 3 is 2.71 bits per heavy atom. The van der Waals surface area contributed by atoms with Gasteiger partial charge in [-0.15, -0.1) is 0 Å². The molecule has 1 rings (SSSR count). The molecule has 0 aliphatic carbocycles. The van der Waals surface area contributed by atoms with Gasteiger partial charge in [-0.25, -0.2) is 4.68 Å². The van der Waals surface area contributed by atoms with E-state index in [9.17, 15) is 13.6 Å². The highest BCUT2D eigenvalue weighted by molar-refractivity contribution is 5.94. The number of nitrogens with zero attached hydrogens (tertiary/aromatic N) is 2. The third-order valence-corrected chi connectivity index (χ3v) is 2.65. The number of ketones is 1. The molecule has 0 N–H and O–H groups in total. The van der Waals surface area contributed by atoms with Crippen LogP contribution >= 0.6 is 0 Å². The van der Waals surface area contributed by atoms with E-state index < -0.39 is 6.55 Å². The van der Waals surface area contributed by atoms with Crippen molar-refractivity contribution >= 4 is 5.78 Å². The Bertz CT molecular complexity index is 350. The zero-order chi connectivity index (χ0) is 12.7.